The summed E-state index contributed by atoms with van der Waals surface area (Å²) in [5.41, 5.74) is -0.200. The maximum Gasteiger partial charge on any atom is 0.350 e. The molecule has 5 nitrogen and oxygen atoms in total. The molecule has 14 heavy (non-hydrogen) atoms. The molecule has 1 aromatic rings. The van der Waals surface area contributed by atoms with Crippen molar-refractivity contribution in [2.45, 2.75) is 13.5 Å². The van der Waals surface area contributed by atoms with Crippen molar-refractivity contribution in [3.8, 4) is 0 Å². The Hall–Kier alpha value is -1.01. The molecule has 0 N–H and O–H groups in total. The van der Waals surface area contributed by atoms with Gasteiger partial charge < -0.3 is 4.55 Å². The zero-order valence-corrected chi connectivity index (χ0v) is 9.03. The molecule has 0 aromatic carbocycles. The first-order valence-electron chi connectivity index (χ1n) is 4.22. The van der Waals surface area contributed by atoms with Crippen molar-refractivity contribution in [1.82, 2.24) is 14.3 Å². The van der Waals surface area contributed by atoms with Crippen LogP contribution in [0.4, 0.5) is 0 Å². The van der Waals surface area contributed by atoms with E-state index in [4.69, 9.17) is 0 Å². The average Bonchev–Trinajstić information content (AvgIpc) is 2.46. The minimum atomic E-state index is -0.896. The Labute approximate surface area is 85.2 Å². The Morgan fingerprint density at radius 3 is 3.00 bits per heavy atom. The minimum Gasteiger partial charge on any atom is -0.617 e. The van der Waals surface area contributed by atoms with Gasteiger partial charge in [0.25, 0.3) is 0 Å². The second kappa shape index (κ2) is 5.02. The molecular formula is C8H13N3O2S. The van der Waals surface area contributed by atoms with Crippen molar-refractivity contribution in [2.24, 2.45) is 0 Å². The lowest BCUT2D eigenvalue weighted by molar-refractivity contribution is 0.579. The summed E-state index contributed by atoms with van der Waals surface area (Å²) in [6.45, 7) is 2.22. The van der Waals surface area contributed by atoms with Gasteiger partial charge in [0.15, 0.2) is 0 Å². The second-order valence-corrected chi connectivity index (χ2v) is 4.36. The number of hydrogen-bond donors (Lipinski definition) is 0. The highest BCUT2D eigenvalue weighted by Gasteiger charge is 2.04. The first kappa shape index (κ1) is 11.1. The van der Waals surface area contributed by atoms with Gasteiger partial charge in [-0.3, -0.25) is 4.57 Å². The van der Waals surface area contributed by atoms with Gasteiger partial charge in [-0.2, -0.15) is 5.10 Å². The molecule has 1 unspecified atom stereocenters. The SMILES string of the molecule is C/C=C/n1cnn(CC[S+](C)[O-])c1=O. The summed E-state index contributed by atoms with van der Waals surface area (Å²) >= 11 is -0.896. The molecular weight excluding hydrogens is 202 g/mol. The molecule has 0 amide bonds. The van der Waals surface area contributed by atoms with E-state index in [2.05, 4.69) is 5.10 Å². The fourth-order valence-corrected chi connectivity index (χ4v) is 1.41. The predicted molar refractivity (Wildman–Crippen MR) is 56.4 cm³/mol. The summed E-state index contributed by atoms with van der Waals surface area (Å²) < 4.78 is 13.5. The van der Waals surface area contributed by atoms with Crippen molar-refractivity contribution >= 4 is 17.4 Å². The van der Waals surface area contributed by atoms with Crippen LogP contribution in [0, 0.1) is 0 Å². The molecule has 0 aliphatic carbocycles. The van der Waals surface area contributed by atoms with E-state index in [1.54, 1.807) is 18.5 Å². The number of rotatable bonds is 4. The second-order valence-electron chi connectivity index (χ2n) is 2.80. The highest BCUT2D eigenvalue weighted by Crippen LogP contribution is 1.87. The highest BCUT2D eigenvalue weighted by molar-refractivity contribution is 7.90. The number of aryl methyl sites for hydroxylation is 1. The largest absolute Gasteiger partial charge is 0.617 e. The van der Waals surface area contributed by atoms with Crippen molar-refractivity contribution in [1.29, 1.82) is 0 Å². The van der Waals surface area contributed by atoms with Gasteiger partial charge in [0.05, 0.1) is 12.8 Å². The van der Waals surface area contributed by atoms with E-state index in [9.17, 15) is 9.35 Å². The topological polar surface area (TPSA) is 62.9 Å². The standard InChI is InChI=1S/C8H13N3O2S/c1-3-4-10-7-9-11(8(10)12)5-6-14(2)13/h3-4,7H,5-6H2,1-2H3/b4-3+. The zero-order chi connectivity index (χ0) is 10.6. The lowest BCUT2D eigenvalue weighted by Gasteiger charge is -2.02. The summed E-state index contributed by atoms with van der Waals surface area (Å²) in [4.78, 5) is 11.5. The Balaban J connectivity index is 2.75. The smallest absolute Gasteiger partial charge is 0.350 e. The lowest BCUT2D eigenvalue weighted by atomic mass is 10.7. The van der Waals surface area contributed by atoms with Crippen molar-refractivity contribution < 1.29 is 4.55 Å². The van der Waals surface area contributed by atoms with Gasteiger partial charge in [0.1, 0.15) is 12.1 Å². The number of nitrogens with zero attached hydrogens (tertiary/aromatic N) is 3. The third-order valence-electron chi connectivity index (χ3n) is 1.66. The quantitative estimate of drug-likeness (QED) is 0.660. The van der Waals surface area contributed by atoms with Crippen LogP contribution < -0.4 is 5.69 Å². The zero-order valence-electron chi connectivity index (χ0n) is 8.21. The van der Waals surface area contributed by atoms with E-state index in [-0.39, 0.29) is 5.69 Å². The van der Waals surface area contributed by atoms with Crippen LogP contribution in [0.3, 0.4) is 0 Å². The van der Waals surface area contributed by atoms with Crippen molar-refractivity contribution in [2.75, 3.05) is 12.0 Å². The van der Waals surface area contributed by atoms with Crippen molar-refractivity contribution in [3.05, 3.63) is 22.9 Å². The third-order valence-corrected chi connectivity index (χ3v) is 2.41. The molecule has 1 aromatic heterocycles. The van der Waals surface area contributed by atoms with Gasteiger partial charge in [0.2, 0.25) is 0 Å². The fourth-order valence-electron chi connectivity index (χ4n) is 0.981. The minimum absolute atomic E-state index is 0.200. The van der Waals surface area contributed by atoms with E-state index in [1.165, 1.54) is 15.6 Å². The van der Waals surface area contributed by atoms with Crippen LogP contribution in [0.5, 0.6) is 0 Å². The summed E-state index contributed by atoms with van der Waals surface area (Å²) in [5.74, 6) is 0.451. The number of hydrogen-bond acceptors (Lipinski definition) is 3. The Kier molecular flexibility index (Phi) is 3.97. The molecule has 6 heteroatoms. The molecule has 0 radical (unpaired) electrons. The first-order valence-corrected chi connectivity index (χ1v) is 5.94. The van der Waals surface area contributed by atoms with E-state index < -0.39 is 11.2 Å². The molecule has 0 saturated heterocycles. The highest BCUT2D eigenvalue weighted by atomic mass is 32.2. The monoisotopic (exact) mass is 215 g/mol. The molecule has 0 fully saturated rings. The van der Waals surface area contributed by atoms with Crippen molar-refractivity contribution in [3.63, 3.8) is 0 Å². The van der Waals surface area contributed by atoms with Crippen LogP contribution >= 0.6 is 0 Å². The normalized spacial score (nSPS) is 13.6. The fraction of sp³-hybridized carbons (Fsp3) is 0.500. The first-order chi connectivity index (χ1) is 6.65. The molecule has 1 atom stereocenters. The van der Waals surface area contributed by atoms with E-state index in [0.717, 1.165) is 0 Å². The van der Waals surface area contributed by atoms with Gasteiger partial charge in [-0.1, -0.05) is 17.3 Å². The van der Waals surface area contributed by atoms with Crippen LogP contribution in [0.1, 0.15) is 6.92 Å². The average molecular weight is 215 g/mol. The summed E-state index contributed by atoms with van der Waals surface area (Å²) in [7, 11) is 0. The molecule has 1 heterocycles. The van der Waals surface area contributed by atoms with Gasteiger partial charge in [-0.25, -0.2) is 9.48 Å². The molecule has 0 aliphatic heterocycles. The van der Waals surface area contributed by atoms with Gasteiger partial charge in [-0.05, 0) is 6.92 Å². The van der Waals surface area contributed by atoms with Crippen LogP contribution in [0.15, 0.2) is 17.2 Å². The molecule has 78 valence electrons. The number of allylic oxidation sites excluding steroid dienone is 1. The third kappa shape index (κ3) is 2.74. The lowest BCUT2D eigenvalue weighted by Crippen LogP contribution is -2.25. The van der Waals surface area contributed by atoms with Gasteiger partial charge >= 0.3 is 5.69 Å². The number of aromatic nitrogens is 3. The van der Waals surface area contributed by atoms with Crippen LogP contribution in [-0.2, 0) is 17.7 Å². The van der Waals surface area contributed by atoms with Gasteiger partial charge in [0, 0.05) is 6.20 Å². The van der Waals surface area contributed by atoms with E-state index in [1.807, 2.05) is 6.92 Å². The van der Waals surface area contributed by atoms with E-state index >= 15 is 0 Å². The maximum atomic E-state index is 11.5. The van der Waals surface area contributed by atoms with E-state index in [0.29, 0.717) is 12.3 Å². The van der Waals surface area contributed by atoms with Gasteiger partial charge in [-0.15, -0.1) is 0 Å². The Morgan fingerprint density at radius 1 is 1.71 bits per heavy atom. The van der Waals surface area contributed by atoms with Crippen LogP contribution in [0.25, 0.3) is 6.20 Å². The molecule has 0 aliphatic rings. The maximum absolute atomic E-state index is 11.5. The Bertz CT molecular complexity index is 367. The summed E-state index contributed by atoms with van der Waals surface area (Å²) in [5, 5.41) is 3.89. The van der Waals surface area contributed by atoms with Crippen LogP contribution in [-0.4, -0.2) is 30.9 Å². The molecule has 0 saturated carbocycles. The summed E-state index contributed by atoms with van der Waals surface area (Å²) in [6.07, 6.45) is 6.44. The predicted octanol–water partition coefficient (Wildman–Crippen LogP) is -0.0861. The molecule has 0 bridgehead atoms. The molecule has 1 rings (SSSR count). The molecule has 0 spiro atoms. The Morgan fingerprint density at radius 2 is 2.43 bits per heavy atom. The van der Waals surface area contributed by atoms with Crippen LogP contribution in [0.2, 0.25) is 0 Å². The summed E-state index contributed by atoms with van der Waals surface area (Å²) in [6, 6.07) is 0.